The minimum absolute atomic E-state index is 0. The number of methoxy groups -OCH3 is 1. The maximum atomic E-state index is 13.4. The zero-order chi connectivity index (χ0) is 27.6. The van der Waals surface area contributed by atoms with Crippen LogP contribution < -0.4 is 44.7 Å². The number of hydrogen-bond donors (Lipinski definition) is 2. The summed E-state index contributed by atoms with van der Waals surface area (Å²) in [7, 11) is -3.09. The number of nitrogens with zero attached hydrogens (tertiary/aromatic N) is 2. The van der Waals surface area contributed by atoms with E-state index in [0.29, 0.717) is 32.8 Å². The third kappa shape index (κ3) is 6.72. The first-order chi connectivity index (χ1) is 18.0. The van der Waals surface area contributed by atoms with Crippen molar-refractivity contribution < 1.29 is 57.2 Å². The fourth-order valence-electron chi connectivity index (χ4n) is 3.85. The number of nitrogens with one attached hydrogen (secondary N) is 1. The predicted octanol–water partition coefficient (Wildman–Crippen LogP) is 3.71. The number of carbonyl (C=O) groups is 1. The van der Waals surface area contributed by atoms with E-state index in [1.165, 1.54) is 25.3 Å². The van der Waals surface area contributed by atoms with Gasteiger partial charge in [0.15, 0.2) is 0 Å². The second-order valence-electron chi connectivity index (χ2n) is 8.06. The number of anilines is 1. The predicted molar refractivity (Wildman–Crippen MR) is 144 cm³/mol. The van der Waals surface area contributed by atoms with Crippen LogP contribution in [0.3, 0.4) is 0 Å². The minimum Gasteiger partial charge on any atom is -0.870 e. The summed E-state index contributed by atoms with van der Waals surface area (Å²) in [4.78, 5) is 12.7. The standard InChI is InChI=1S/C26H21Cl2N3O6S.Na/c1-3-18-21(8-9-22(23(18)28)38(34,35)36)30-31-24-19-7-5-4-6-14(19)10-20(25(24)32)26(33)29-16-11-15(27)12-17(13-16)37-2;/h4-13,32H,3H2,1-2H3,(H,29,33)(H,34,35,36);/q;+1/p-1. The molecule has 196 valence electrons. The van der Waals surface area contributed by atoms with E-state index in [2.05, 4.69) is 15.5 Å². The molecule has 0 unspecified atom stereocenters. The maximum absolute atomic E-state index is 13.4. The van der Waals surface area contributed by atoms with Crippen LogP contribution in [-0.2, 0) is 16.5 Å². The average Bonchev–Trinajstić information content (AvgIpc) is 2.86. The van der Waals surface area contributed by atoms with Crippen LogP contribution in [0.15, 0.2) is 75.8 Å². The van der Waals surface area contributed by atoms with Gasteiger partial charge < -0.3 is 15.2 Å². The number of halogens is 2. The second kappa shape index (κ2) is 12.6. The van der Waals surface area contributed by atoms with Crippen molar-refractivity contribution in [2.75, 3.05) is 12.4 Å². The molecule has 4 rings (SSSR count). The SMILES string of the molecule is CCc1c(N=Nc2c([O-])c(C(=O)Nc3cc(Cl)cc(OC)c3)cc3ccccc23)ccc(S(=O)(=O)O)c1Cl.[Na+]. The summed E-state index contributed by atoms with van der Waals surface area (Å²) in [6, 6.07) is 15.4. The van der Waals surface area contributed by atoms with Crippen molar-refractivity contribution >= 4 is 67.1 Å². The first kappa shape index (κ1) is 30.8. The van der Waals surface area contributed by atoms with Crippen LogP contribution in [-0.4, -0.2) is 26.0 Å². The van der Waals surface area contributed by atoms with Gasteiger partial charge in [-0.1, -0.05) is 60.1 Å². The molecule has 1 amide bonds. The summed E-state index contributed by atoms with van der Waals surface area (Å²) in [5.41, 5.74) is 0.581. The molecular formula is C26H20Cl2N3NaO6S. The molecule has 0 atom stereocenters. The molecule has 0 spiro atoms. The fourth-order valence-corrected chi connectivity index (χ4v) is 5.25. The number of benzene rings is 4. The van der Waals surface area contributed by atoms with Crippen LogP contribution >= 0.6 is 23.2 Å². The first-order valence-electron chi connectivity index (χ1n) is 11.1. The summed E-state index contributed by atoms with van der Waals surface area (Å²) in [5.74, 6) is -0.928. The molecule has 0 aliphatic rings. The normalized spacial score (nSPS) is 11.4. The van der Waals surface area contributed by atoms with Crippen molar-refractivity contribution in [3.63, 3.8) is 0 Å². The molecule has 13 heteroatoms. The van der Waals surface area contributed by atoms with Gasteiger partial charge in [0.1, 0.15) is 10.6 Å². The van der Waals surface area contributed by atoms with Crippen LogP contribution in [0.5, 0.6) is 11.5 Å². The molecule has 0 aromatic heterocycles. The van der Waals surface area contributed by atoms with Crippen LogP contribution in [0.2, 0.25) is 10.0 Å². The van der Waals surface area contributed by atoms with Gasteiger partial charge in [-0.3, -0.25) is 9.35 Å². The molecule has 0 fully saturated rings. The van der Waals surface area contributed by atoms with Gasteiger partial charge in [-0.15, -0.1) is 0 Å². The van der Waals surface area contributed by atoms with E-state index in [-0.39, 0.29) is 57.9 Å². The Balaban J connectivity index is 0.00000420. The van der Waals surface area contributed by atoms with Crippen molar-refractivity contribution in [2.24, 2.45) is 10.2 Å². The number of carbonyl (C=O) groups excluding carboxylic acids is 1. The van der Waals surface area contributed by atoms with Crippen molar-refractivity contribution in [1.82, 2.24) is 0 Å². The third-order valence-electron chi connectivity index (χ3n) is 5.66. The summed E-state index contributed by atoms with van der Waals surface area (Å²) in [5, 5.41) is 25.6. The van der Waals surface area contributed by atoms with Crippen LogP contribution in [0.25, 0.3) is 10.8 Å². The third-order valence-corrected chi connectivity index (χ3v) is 7.32. The molecular weight excluding hydrogens is 576 g/mol. The Kier molecular flexibility index (Phi) is 10.0. The molecule has 0 saturated heterocycles. The Hall–Kier alpha value is -2.70. The Morgan fingerprint density at radius 3 is 2.46 bits per heavy atom. The van der Waals surface area contributed by atoms with E-state index >= 15 is 0 Å². The van der Waals surface area contributed by atoms with Gasteiger partial charge in [0.2, 0.25) is 0 Å². The first-order valence-corrected chi connectivity index (χ1v) is 13.3. The Morgan fingerprint density at radius 1 is 1.08 bits per heavy atom. The molecule has 39 heavy (non-hydrogen) atoms. The Morgan fingerprint density at radius 2 is 1.79 bits per heavy atom. The van der Waals surface area contributed by atoms with Crippen molar-refractivity contribution in [2.45, 2.75) is 18.2 Å². The summed E-state index contributed by atoms with van der Waals surface area (Å²) in [6.45, 7) is 1.72. The number of azo groups is 1. The number of ether oxygens (including phenoxy) is 1. The summed E-state index contributed by atoms with van der Waals surface area (Å²) in [6.07, 6.45) is 0.271. The van der Waals surface area contributed by atoms with Crippen molar-refractivity contribution in [3.8, 4) is 11.5 Å². The summed E-state index contributed by atoms with van der Waals surface area (Å²) >= 11 is 12.3. The van der Waals surface area contributed by atoms with E-state index in [1.54, 1.807) is 43.3 Å². The zero-order valence-corrected chi connectivity index (χ0v) is 25.4. The summed E-state index contributed by atoms with van der Waals surface area (Å²) < 4.78 is 37.8. The van der Waals surface area contributed by atoms with Gasteiger partial charge in [0.25, 0.3) is 16.0 Å². The maximum Gasteiger partial charge on any atom is 1.00 e. The van der Waals surface area contributed by atoms with Gasteiger partial charge in [-0.25, -0.2) is 0 Å². The molecule has 0 bridgehead atoms. The number of rotatable bonds is 7. The van der Waals surface area contributed by atoms with Gasteiger partial charge in [-0.2, -0.15) is 18.6 Å². The number of fused-ring (bicyclic) bond motifs is 1. The van der Waals surface area contributed by atoms with Gasteiger partial charge in [0.05, 0.1) is 23.5 Å². The van der Waals surface area contributed by atoms with E-state index < -0.39 is 26.7 Å². The molecule has 0 aliphatic heterocycles. The van der Waals surface area contributed by atoms with Crippen LogP contribution in [0.1, 0.15) is 22.8 Å². The van der Waals surface area contributed by atoms with E-state index in [9.17, 15) is 22.9 Å². The smallest absolute Gasteiger partial charge is 0.870 e. The Bertz CT molecular complexity index is 1710. The second-order valence-corrected chi connectivity index (χ2v) is 10.3. The minimum atomic E-state index is -4.55. The quantitative estimate of drug-likeness (QED) is 0.189. The molecule has 0 saturated carbocycles. The number of hydrogen-bond acceptors (Lipinski definition) is 7. The molecule has 2 N–H and O–H groups in total. The number of amides is 1. The van der Waals surface area contributed by atoms with Gasteiger partial charge >= 0.3 is 29.6 Å². The molecule has 9 nitrogen and oxygen atoms in total. The van der Waals surface area contributed by atoms with Crippen LogP contribution in [0.4, 0.5) is 17.1 Å². The molecule has 4 aromatic carbocycles. The van der Waals surface area contributed by atoms with Crippen molar-refractivity contribution in [3.05, 3.63) is 81.8 Å². The fraction of sp³-hybridized carbons (Fsp3) is 0.115. The zero-order valence-electron chi connectivity index (χ0n) is 21.0. The van der Waals surface area contributed by atoms with Crippen molar-refractivity contribution in [1.29, 1.82) is 0 Å². The van der Waals surface area contributed by atoms with Gasteiger partial charge in [-0.05, 0) is 47.7 Å². The molecule has 4 aromatic rings. The van der Waals surface area contributed by atoms with Crippen LogP contribution in [0, 0.1) is 0 Å². The van der Waals surface area contributed by atoms with E-state index in [1.807, 2.05) is 0 Å². The van der Waals surface area contributed by atoms with Gasteiger partial charge in [0, 0.05) is 27.7 Å². The largest absolute Gasteiger partial charge is 1.00 e. The van der Waals surface area contributed by atoms with E-state index in [0.717, 1.165) is 6.07 Å². The topological polar surface area (TPSA) is 140 Å². The monoisotopic (exact) mass is 595 g/mol. The van der Waals surface area contributed by atoms with E-state index in [4.69, 9.17) is 27.9 Å². The average molecular weight is 596 g/mol. The molecule has 0 aliphatic carbocycles. The Labute approximate surface area is 256 Å². The molecule has 0 heterocycles. The molecule has 0 radical (unpaired) electrons.